The van der Waals surface area contributed by atoms with Gasteiger partial charge in [0.2, 0.25) is 0 Å². The minimum Gasteiger partial charge on any atom is -0.321 e. The summed E-state index contributed by atoms with van der Waals surface area (Å²) in [4.78, 5) is 34.7. The van der Waals surface area contributed by atoms with Crippen LogP contribution in [0.3, 0.4) is 0 Å². The molecule has 0 spiro atoms. The number of fused-ring (bicyclic) bond motifs is 1. The lowest BCUT2D eigenvalue weighted by Gasteiger charge is -2.18. The van der Waals surface area contributed by atoms with Gasteiger partial charge in [0, 0.05) is 22.9 Å². The molecule has 8 nitrogen and oxygen atoms in total. The van der Waals surface area contributed by atoms with E-state index in [-0.39, 0.29) is 22.1 Å². The summed E-state index contributed by atoms with van der Waals surface area (Å²) in [7, 11) is 0. The van der Waals surface area contributed by atoms with E-state index in [1.165, 1.54) is 12.1 Å². The van der Waals surface area contributed by atoms with Crippen molar-refractivity contribution in [1.82, 2.24) is 5.43 Å². The molecule has 0 radical (unpaired) electrons. The summed E-state index contributed by atoms with van der Waals surface area (Å²) in [5.41, 5.74) is 5.78. The van der Waals surface area contributed by atoms with Gasteiger partial charge >= 0.3 is 0 Å². The minimum absolute atomic E-state index is 0.0724. The number of hydrogen-bond acceptors (Lipinski definition) is 6. The first kappa shape index (κ1) is 17.9. The first-order chi connectivity index (χ1) is 13.4. The highest BCUT2D eigenvalue weighted by Crippen LogP contribution is 2.36. The van der Waals surface area contributed by atoms with Gasteiger partial charge in [-0.3, -0.25) is 19.7 Å². The van der Waals surface area contributed by atoms with E-state index in [4.69, 9.17) is 0 Å². The van der Waals surface area contributed by atoms with Crippen LogP contribution in [0, 0.1) is 10.1 Å². The van der Waals surface area contributed by atoms with Gasteiger partial charge in [-0.05, 0) is 36.8 Å². The SMILES string of the molecule is CC1SC(=O)NN=C1c1ccc2c(c1)/C(=C/c1ccccc1[N+](=O)[O-])C(=O)N2. The maximum absolute atomic E-state index is 12.5. The molecule has 2 heterocycles. The molecular weight excluding hydrogens is 380 g/mol. The van der Waals surface area contributed by atoms with Crippen molar-refractivity contribution >= 4 is 51.6 Å². The van der Waals surface area contributed by atoms with E-state index in [1.807, 2.05) is 13.0 Å². The van der Waals surface area contributed by atoms with Crippen molar-refractivity contribution in [2.45, 2.75) is 12.2 Å². The van der Waals surface area contributed by atoms with Crippen LogP contribution in [0.25, 0.3) is 11.6 Å². The number of hydrazone groups is 1. The summed E-state index contributed by atoms with van der Waals surface area (Å²) < 4.78 is 0. The normalized spacial score (nSPS) is 19.7. The molecule has 4 rings (SSSR count). The number of anilines is 1. The summed E-state index contributed by atoms with van der Waals surface area (Å²) in [6.45, 7) is 1.88. The Balaban J connectivity index is 1.79. The van der Waals surface area contributed by atoms with Crippen molar-refractivity contribution in [3.63, 3.8) is 0 Å². The Hall–Kier alpha value is -3.46. The second-order valence-electron chi connectivity index (χ2n) is 6.24. The van der Waals surface area contributed by atoms with Gasteiger partial charge in [-0.1, -0.05) is 30.0 Å². The summed E-state index contributed by atoms with van der Waals surface area (Å²) in [5, 5.41) is 17.8. The van der Waals surface area contributed by atoms with E-state index >= 15 is 0 Å². The highest BCUT2D eigenvalue weighted by Gasteiger charge is 2.28. The van der Waals surface area contributed by atoms with Crippen LogP contribution in [-0.2, 0) is 4.79 Å². The number of carbonyl (C=O) groups is 2. The van der Waals surface area contributed by atoms with Gasteiger partial charge in [-0.15, -0.1) is 0 Å². The van der Waals surface area contributed by atoms with Crippen molar-refractivity contribution in [2.24, 2.45) is 5.10 Å². The van der Waals surface area contributed by atoms with Crippen molar-refractivity contribution in [2.75, 3.05) is 5.32 Å². The number of thioether (sulfide) groups is 1. The third-order valence-electron chi connectivity index (χ3n) is 4.47. The van der Waals surface area contributed by atoms with Crippen molar-refractivity contribution < 1.29 is 14.5 Å². The first-order valence-electron chi connectivity index (χ1n) is 8.39. The van der Waals surface area contributed by atoms with Gasteiger partial charge in [0.05, 0.1) is 21.4 Å². The van der Waals surface area contributed by atoms with Gasteiger partial charge in [0.15, 0.2) is 0 Å². The molecule has 2 aliphatic heterocycles. The molecule has 140 valence electrons. The van der Waals surface area contributed by atoms with Crippen molar-refractivity contribution in [3.05, 3.63) is 69.3 Å². The third kappa shape index (κ3) is 3.16. The molecule has 2 aromatic rings. The predicted octanol–water partition coefficient (Wildman–Crippen LogP) is 3.64. The molecular formula is C19H14N4O4S. The van der Waals surface area contributed by atoms with E-state index in [0.29, 0.717) is 28.1 Å². The average molecular weight is 394 g/mol. The van der Waals surface area contributed by atoms with Gasteiger partial charge < -0.3 is 5.32 Å². The standard InChI is InChI=1S/C19H14N4O4S/c1-10-17(21-22-19(25)28-10)12-6-7-15-13(9-12)14(18(24)20-15)8-11-4-2-3-5-16(11)23(26)27/h2-10H,1H3,(H,20,24)(H,22,25)/b14-8-. The summed E-state index contributed by atoms with van der Waals surface area (Å²) in [6.07, 6.45) is 1.52. The summed E-state index contributed by atoms with van der Waals surface area (Å²) in [6, 6.07) is 11.6. The molecule has 2 amide bonds. The minimum atomic E-state index is -0.477. The monoisotopic (exact) mass is 394 g/mol. The highest BCUT2D eigenvalue weighted by molar-refractivity contribution is 8.14. The quantitative estimate of drug-likeness (QED) is 0.469. The molecule has 0 aliphatic carbocycles. The lowest BCUT2D eigenvalue weighted by atomic mass is 9.98. The van der Waals surface area contributed by atoms with Crippen LogP contribution in [0.2, 0.25) is 0 Å². The second kappa shape index (κ2) is 6.93. The molecule has 0 saturated heterocycles. The number of benzene rings is 2. The zero-order valence-corrected chi connectivity index (χ0v) is 15.4. The molecule has 0 bridgehead atoms. The number of nitrogens with zero attached hydrogens (tertiary/aromatic N) is 2. The fourth-order valence-electron chi connectivity index (χ4n) is 3.16. The van der Waals surface area contributed by atoms with Crippen LogP contribution in [0.4, 0.5) is 16.2 Å². The Labute approximate surface area is 163 Å². The maximum atomic E-state index is 12.5. The molecule has 9 heteroatoms. The van der Waals surface area contributed by atoms with E-state index in [2.05, 4.69) is 15.8 Å². The van der Waals surface area contributed by atoms with E-state index in [0.717, 1.165) is 17.3 Å². The van der Waals surface area contributed by atoms with Crippen LogP contribution in [0.15, 0.2) is 47.6 Å². The Bertz CT molecular complexity index is 1090. The van der Waals surface area contributed by atoms with Gasteiger partial charge in [0.1, 0.15) is 0 Å². The molecule has 0 fully saturated rings. The molecule has 1 unspecified atom stereocenters. The number of hydrogen-bond donors (Lipinski definition) is 2. The number of amides is 2. The largest absolute Gasteiger partial charge is 0.321 e. The van der Waals surface area contributed by atoms with E-state index in [1.54, 1.807) is 30.3 Å². The zero-order valence-electron chi connectivity index (χ0n) is 14.6. The number of nitrogens with one attached hydrogen (secondary N) is 2. The first-order valence-corrected chi connectivity index (χ1v) is 9.27. The van der Waals surface area contributed by atoms with Crippen LogP contribution in [0.1, 0.15) is 23.6 Å². The Morgan fingerprint density at radius 1 is 1.21 bits per heavy atom. The molecule has 0 aromatic heterocycles. The third-order valence-corrected chi connectivity index (χ3v) is 5.35. The number of rotatable bonds is 3. The van der Waals surface area contributed by atoms with Gasteiger partial charge in [-0.2, -0.15) is 5.10 Å². The fraction of sp³-hybridized carbons (Fsp3) is 0.105. The van der Waals surface area contributed by atoms with Gasteiger partial charge in [0.25, 0.3) is 16.8 Å². The fourth-order valence-corrected chi connectivity index (χ4v) is 3.88. The maximum Gasteiger partial charge on any atom is 0.299 e. The van der Waals surface area contributed by atoms with Crippen molar-refractivity contribution in [1.29, 1.82) is 0 Å². The Morgan fingerprint density at radius 2 is 2.00 bits per heavy atom. The molecule has 2 aromatic carbocycles. The van der Waals surface area contributed by atoms with E-state index in [9.17, 15) is 19.7 Å². The Kier molecular flexibility index (Phi) is 4.44. The van der Waals surface area contributed by atoms with Crippen LogP contribution in [0.5, 0.6) is 0 Å². The lowest BCUT2D eigenvalue weighted by Crippen LogP contribution is -2.29. The molecule has 28 heavy (non-hydrogen) atoms. The molecule has 2 aliphatic rings. The average Bonchev–Trinajstić information content (AvgIpc) is 2.97. The second-order valence-corrected chi connectivity index (χ2v) is 7.56. The highest BCUT2D eigenvalue weighted by atomic mass is 32.2. The van der Waals surface area contributed by atoms with Crippen LogP contribution < -0.4 is 10.7 Å². The molecule has 0 saturated carbocycles. The smallest absolute Gasteiger partial charge is 0.299 e. The lowest BCUT2D eigenvalue weighted by molar-refractivity contribution is -0.385. The zero-order chi connectivity index (χ0) is 19.8. The predicted molar refractivity (Wildman–Crippen MR) is 108 cm³/mol. The van der Waals surface area contributed by atoms with E-state index < -0.39 is 4.92 Å². The van der Waals surface area contributed by atoms with Crippen LogP contribution in [-0.4, -0.2) is 27.0 Å². The number of para-hydroxylation sites is 1. The number of carbonyl (C=O) groups excluding carboxylic acids is 2. The number of nitro groups is 1. The summed E-state index contributed by atoms with van der Waals surface area (Å²) >= 11 is 1.13. The Morgan fingerprint density at radius 3 is 2.75 bits per heavy atom. The number of nitro benzene ring substituents is 1. The molecule has 2 N–H and O–H groups in total. The van der Waals surface area contributed by atoms with Gasteiger partial charge in [-0.25, -0.2) is 5.43 Å². The molecule has 1 atom stereocenters. The van der Waals surface area contributed by atoms with Crippen LogP contribution >= 0.6 is 11.8 Å². The topological polar surface area (TPSA) is 114 Å². The van der Waals surface area contributed by atoms with Crippen molar-refractivity contribution in [3.8, 4) is 0 Å². The summed E-state index contributed by atoms with van der Waals surface area (Å²) in [5.74, 6) is -0.327.